The molecule has 7 heteroatoms. The minimum absolute atomic E-state index is 0.151. The molecule has 2 heterocycles. The van der Waals surface area contributed by atoms with Crippen LogP contribution in [-0.2, 0) is 13.0 Å². The predicted molar refractivity (Wildman–Crippen MR) is 108 cm³/mol. The molecule has 28 heavy (non-hydrogen) atoms. The maximum atomic E-state index is 12.9. The van der Waals surface area contributed by atoms with Gasteiger partial charge in [0, 0.05) is 19.0 Å². The molecule has 7 nitrogen and oxygen atoms in total. The number of hydrogen-bond acceptors (Lipinski definition) is 5. The summed E-state index contributed by atoms with van der Waals surface area (Å²) in [7, 11) is 1.63. The van der Waals surface area contributed by atoms with E-state index in [0.29, 0.717) is 12.5 Å². The molecule has 0 unspecified atom stereocenters. The van der Waals surface area contributed by atoms with Crippen molar-refractivity contribution in [1.82, 2.24) is 25.2 Å². The minimum Gasteiger partial charge on any atom is -0.497 e. The molecule has 2 N–H and O–H groups in total. The van der Waals surface area contributed by atoms with Gasteiger partial charge in [-0.3, -0.25) is 15.4 Å². The van der Waals surface area contributed by atoms with Crippen LogP contribution in [-0.4, -0.2) is 34.5 Å². The number of hydrazine groups is 1. The van der Waals surface area contributed by atoms with Crippen LogP contribution in [0.15, 0.2) is 53.6 Å². The standard InChI is InChI=1S/C21H25N5O2/c1-3-16-10-18(7-8-20(16)17-11-22-23-12-17)26-21(27)25(14-24-26)13-15-5-4-6-19(9-15)28-2/h4-10,14,17,22-23H,3,11-13H2,1-2H3. The van der Waals surface area contributed by atoms with Gasteiger partial charge < -0.3 is 4.74 Å². The fraction of sp³-hybridized carbons (Fsp3) is 0.333. The van der Waals surface area contributed by atoms with Crippen LogP contribution in [0.2, 0.25) is 0 Å². The molecule has 0 aliphatic carbocycles. The minimum atomic E-state index is -0.151. The first-order chi connectivity index (χ1) is 13.7. The van der Waals surface area contributed by atoms with E-state index in [4.69, 9.17) is 4.74 Å². The molecule has 0 amide bonds. The Hall–Kier alpha value is -2.90. The lowest BCUT2D eigenvalue weighted by Gasteiger charge is -2.14. The van der Waals surface area contributed by atoms with Crippen LogP contribution >= 0.6 is 0 Å². The molecule has 2 aromatic carbocycles. The summed E-state index contributed by atoms with van der Waals surface area (Å²) in [5, 5.41) is 4.34. The third-order valence-corrected chi connectivity index (χ3v) is 5.23. The quantitative estimate of drug-likeness (QED) is 0.684. The Labute approximate surface area is 163 Å². The number of nitrogens with zero attached hydrogens (tertiary/aromatic N) is 3. The summed E-state index contributed by atoms with van der Waals surface area (Å²) in [6.45, 7) is 4.43. The Bertz CT molecular complexity index is 1020. The van der Waals surface area contributed by atoms with Gasteiger partial charge in [0.15, 0.2) is 0 Å². The molecule has 4 rings (SSSR count). The fourth-order valence-corrected chi connectivity index (χ4v) is 3.70. The van der Waals surface area contributed by atoms with E-state index in [1.54, 1.807) is 18.0 Å². The zero-order valence-electron chi connectivity index (χ0n) is 16.2. The molecule has 1 aromatic heterocycles. The number of nitrogens with one attached hydrogen (secondary N) is 2. The average Bonchev–Trinajstić information content (AvgIpc) is 3.38. The van der Waals surface area contributed by atoms with Crippen molar-refractivity contribution in [2.24, 2.45) is 0 Å². The normalized spacial score (nSPS) is 14.5. The van der Waals surface area contributed by atoms with E-state index in [1.165, 1.54) is 15.8 Å². The van der Waals surface area contributed by atoms with E-state index in [0.717, 1.165) is 36.5 Å². The highest BCUT2D eigenvalue weighted by molar-refractivity contribution is 5.42. The lowest BCUT2D eigenvalue weighted by atomic mass is 9.93. The Kier molecular flexibility index (Phi) is 5.27. The summed E-state index contributed by atoms with van der Waals surface area (Å²) in [5.41, 5.74) is 10.6. The number of aromatic nitrogens is 3. The van der Waals surface area contributed by atoms with Crippen LogP contribution in [0.25, 0.3) is 5.69 Å². The molecular formula is C21H25N5O2. The van der Waals surface area contributed by atoms with Crippen LogP contribution < -0.4 is 21.3 Å². The third kappa shape index (κ3) is 3.58. The van der Waals surface area contributed by atoms with E-state index < -0.39 is 0 Å². The molecule has 146 valence electrons. The molecule has 1 fully saturated rings. The van der Waals surface area contributed by atoms with Crippen molar-refractivity contribution < 1.29 is 4.74 Å². The maximum absolute atomic E-state index is 12.9. The van der Waals surface area contributed by atoms with Crippen molar-refractivity contribution in [3.05, 3.63) is 76.0 Å². The van der Waals surface area contributed by atoms with Gasteiger partial charge in [-0.2, -0.15) is 9.78 Å². The maximum Gasteiger partial charge on any atom is 0.350 e. The Morgan fingerprint density at radius 3 is 2.75 bits per heavy atom. The zero-order chi connectivity index (χ0) is 19.5. The highest BCUT2D eigenvalue weighted by atomic mass is 16.5. The van der Waals surface area contributed by atoms with Gasteiger partial charge in [-0.1, -0.05) is 25.1 Å². The van der Waals surface area contributed by atoms with Gasteiger partial charge in [-0.25, -0.2) is 4.79 Å². The van der Waals surface area contributed by atoms with Gasteiger partial charge in [0.1, 0.15) is 12.1 Å². The molecule has 0 saturated carbocycles. The SMILES string of the molecule is CCc1cc(-n2ncn(Cc3cccc(OC)c3)c2=O)ccc1C1CNNC1. The molecule has 0 atom stereocenters. The first kappa shape index (κ1) is 18.5. The smallest absolute Gasteiger partial charge is 0.350 e. The Morgan fingerprint density at radius 2 is 2.00 bits per heavy atom. The van der Waals surface area contributed by atoms with Crippen LogP contribution in [0.4, 0.5) is 0 Å². The number of methoxy groups -OCH3 is 1. The molecule has 0 spiro atoms. The van der Waals surface area contributed by atoms with Crippen molar-refractivity contribution in [2.75, 3.05) is 20.2 Å². The van der Waals surface area contributed by atoms with Gasteiger partial charge in [0.25, 0.3) is 0 Å². The van der Waals surface area contributed by atoms with Gasteiger partial charge >= 0.3 is 5.69 Å². The van der Waals surface area contributed by atoms with Gasteiger partial charge in [-0.05, 0) is 47.4 Å². The predicted octanol–water partition coefficient (Wildman–Crippen LogP) is 1.84. The summed E-state index contributed by atoms with van der Waals surface area (Å²) < 4.78 is 8.34. The van der Waals surface area contributed by atoms with Crippen molar-refractivity contribution in [2.45, 2.75) is 25.8 Å². The second-order valence-corrected chi connectivity index (χ2v) is 7.00. The van der Waals surface area contributed by atoms with E-state index in [9.17, 15) is 4.79 Å². The number of ether oxygens (including phenoxy) is 1. The summed E-state index contributed by atoms with van der Waals surface area (Å²) in [5.74, 6) is 1.23. The summed E-state index contributed by atoms with van der Waals surface area (Å²) >= 11 is 0. The molecule has 1 aliphatic heterocycles. The topological polar surface area (TPSA) is 73.1 Å². The molecular weight excluding hydrogens is 354 g/mol. The molecule has 3 aromatic rings. The van der Waals surface area contributed by atoms with Crippen LogP contribution in [0.1, 0.15) is 29.5 Å². The van der Waals surface area contributed by atoms with Gasteiger partial charge in [0.2, 0.25) is 0 Å². The van der Waals surface area contributed by atoms with Crippen molar-refractivity contribution in [3.8, 4) is 11.4 Å². The van der Waals surface area contributed by atoms with E-state index in [2.05, 4.69) is 35.0 Å². The van der Waals surface area contributed by atoms with Crippen LogP contribution in [0, 0.1) is 0 Å². The molecule has 0 bridgehead atoms. The number of hydrogen-bond donors (Lipinski definition) is 2. The van der Waals surface area contributed by atoms with E-state index in [1.807, 2.05) is 30.3 Å². The zero-order valence-corrected chi connectivity index (χ0v) is 16.2. The van der Waals surface area contributed by atoms with Crippen LogP contribution in [0.5, 0.6) is 5.75 Å². The van der Waals surface area contributed by atoms with Gasteiger partial charge in [-0.15, -0.1) is 0 Å². The third-order valence-electron chi connectivity index (χ3n) is 5.23. The first-order valence-corrected chi connectivity index (χ1v) is 9.56. The fourth-order valence-electron chi connectivity index (χ4n) is 3.70. The highest BCUT2D eigenvalue weighted by Gasteiger charge is 2.19. The number of benzene rings is 2. The van der Waals surface area contributed by atoms with Crippen LogP contribution in [0.3, 0.4) is 0 Å². The second-order valence-electron chi connectivity index (χ2n) is 7.00. The lowest BCUT2D eigenvalue weighted by molar-refractivity contribution is 0.414. The molecule has 1 aliphatic rings. The molecule has 1 saturated heterocycles. The highest BCUT2D eigenvalue weighted by Crippen LogP contribution is 2.24. The summed E-state index contributed by atoms with van der Waals surface area (Å²) in [4.78, 5) is 12.9. The first-order valence-electron chi connectivity index (χ1n) is 9.56. The average molecular weight is 379 g/mol. The largest absolute Gasteiger partial charge is 0.497 e. The van der Waals surface area contributed by atoms with E-state index in [-0.39, 0.29) is 5.69 Å². The lowest BCUT2D eigenvalue weighted by Crippen LogP contribution is -2.24. The molecule has 0 radical (unpaired) electrons. The number of aryl methyl sites for hydroxylation is 1. The van der Waals surface area contributed by atoms with Crippen molar-refractivity contribution in [3.63, 3.8) is 0 Å². The summed E-state index contributed by atoms with van der Waals surface area (Å²) in [6, 6.07) is 13.9. The Balaban J connectivity index is 1.62. The Morgan fingerprint density at radius 1 is 1.18 bits per heavy atom. The second kappa shape index (κ2) is 8.00. The number of rotatable bonds is 6. The van der Waals surface area contributed by atoms with E-state index >= 15 is 0 Å². The van der Waals surface area contributed by atoms with Crippen molar-refractivity contribution in [1.29, 1.82) is 0 Å². The van der Waals surface area contributed by atoms with Gasteiger partial charge in [0.05, 0.1) is 19.3 Å². The monoisotopic (exact) mass is 379 g/mol. The summed E-state index contributed by atoms with van der Waals surface area (Å²) in [6.07, 6.45) is 2.51. The van der Waals surface area contributed by atoms with Crippen molar-refractivity contribution >= 4 is 0 Å².